The molecule has 6 fully saturated rings. The van der Waals surface area contributed by atoms with Crippen molar-refractivity contribution in [3.63, 3.8) is 0 Å². The number of rotatable bonds is 8. The number of aliphatic hydroxyl groups is 5. The molecule has 0 bridgehead atoms. The first-order valence-electron chi connectivity index (χ1n) is 21.8. The highest BCUT2D eigenvalue weighted by Crippen LogP contribution is 2.73. The van der Waals surface area contributed by atoms with Crippen LogP contribution in [-0.2, 0) is 42.7 Å². The zero-order chi connectivity index (χ0) is 43.8. The van der Waals surface area contributed by atoms with Gasteiger partial charge in [-0.1, -0.05) is 13.8 Å². The van der Waals surface area contributed by atoms with E-state index in [9.17, 15) is 35.1 Å². The SMILES string of the molecule is COC1CC(C)(OC2(C)CCC3(C)C(CCC4C3CCC3(C)C(C5=CC(=O)OC5)C(C)(OC(C)=O)CC43O)C2)OC(C)C1(C)OC1(C)OC(CO)C(C)(O)C(O)C1(C)O. The zero-order valence-corrected chi connectivity index (χ0v) is 37.4. The number of hydrogen-bond acceptors (Lipinski definition) is 14. The number of fused-ring (bicyclic) bond motifs is 5. The first-order chi connectivity index (χ1) is 27.0. The standard InChI is InChI=1S/C45H72O14/c1-25-42(9,59-44(11)43(10,51)35(49)41(8,50)32(22-46)57-44)31(53-12)21-40(7,55-25)58-36(3)17-18-37(4)28(20-36)13-14-30-29(37)15-16-38(5)34(27-19-33(48)54-23-27)39(6,56-26(2)47)24-45(30,38)52/h19,25,28-32,34-35,46,49-52H,13-18,20-24H2,1-12H3. The molecule has 18 atom stereocenters. The average molecular weight is 837 g/mol. The van der Waals surface area contributed by atoms with Crippen LogP contribution in [0.15, 0.2) is 11.6 Å². The second-order valence-corrected chi connectivity index (χ2v) is 21.6. The molecule has 4 saturated carbocycles. The predicted octanol–water partition coefficient (Wildman–Crippen LogP) is 4.24. The van der Waals surface area contributed by atoms with Crippen molar-refractivity contribution < 1.29 is 68.3 Å². The Kier molecular flexibility index (Phi) is 10.9. The van der Waals surface area contributed by atoms with Crippen molar-refractivity contribution in [2.45, 2.75) is 204 Å². The molecule has 336 valence electrons. The molecule has 4 aliphatic carbocycles. The number of esters is 2. The predicted molar refractivity (Wildman–Crippen MR) is 212 cm³/mol. The molecule has 3 heterocycles. The van der Waals surface area contributed by atoms with Gasteiger partial charge < -0.3 is 58.7 Å². The van der Waals surface area contributed by atoms with Gasteiger partial charge in [-0.05, 0) is 129 Å². The fourth-order valence-electron chi connectivity index (χ4n) is 14.3. The normalized spacial score (nSPS) is 56.0. The van der Waals surface area contributed by atoms with Gasteiger partial charge in [0.05, 0.1) is 30.0 Å². The molecule has 59 heavy (non-hydrogen) atoms. The Morgan fingerprint density at radius 2 is 1.58 bits per heavy atom. The maximum absolute atomic E-state index is 13.1. The number of methoxy groups -OCH3 is 1. The van der Waals surface area contributed by atoms with Crippen molar-refractivity contribution in [3.8, 4) is 0 Å². The first kappa shape index (κ1) is 45.3. The largest absolute Gasteiger partial charge is 0.459 e. The third-order valence-electron chi connectivity index (χ3n) is 17.6. The van der Waals surface area contributed by atoms with Crippen LogP contribution in [0.4, 0.5) is 0 Å². The van der Waals surface area contributed by atoms with E-state index in [0.717, 1.165) is 50.5 Å². The van der Waals surface area contributed by atoms with Crippen LogP contribution in [0.2, 0.25) is 0 Å². The van der Waals surface area contributed by atoms with E-state index in [4.69, 9.17) is 33.2 Å². The summed E-state index contributed by atoms with van der Waals surface area (Å²) in [4.78, 5) is 24.9. The van der Waals surface area contributed by atoms with E-state index in [2.05, 4.69) is 20.8 Å². The Balaban J connectivity index is 1.08. The molecule has 14 nitrogen and oxygen atoms in total. The molecule has 0 radical (unpaired) electrons. The minimum atomic E-state index is -2.10. The van der Waals surface area contributed by atoms with Crippen molar-refractivity contribution in [1.82, 2.24) is 0 Å². The summed E-state index contributed by atoms with van der Waals surface area (Å²) in [6.45, 7) is 19.2. The second-order valence-electron chi connectivity index (χ2n) is 21.6. The van der Waals surface area contributed by atoms with Crippen molar-refractivity contribution in [2.24, 2.45) is 34.5 Å². The summed E-state index contributed by atoms with van der Waals surface area (Å²) in [6.07, 6.45) is 3.69. The summed E-state index contributed by atoms with van der Waals surface area (Å²) in [5.74, 6) is -3.57. The van der Waals surface area contributed by atoms with Crippen LogP contribution < -0.4 is 0 Å². The molecule has 0 aromatic rings. The van der Waals surface area contributed by atoms with Crippen molar-refractivity contribution in [2.75, 3.05) is 20.3 Å². The van der Waals surface area contributed by atoms with Gasteiger partial charge in [-0.25, -0.2) is 4.79 Å². The molecule has 0 aromatic heterocycles. The van der Waals surface area contributed by atoms with Crippen LogP contribution in [0.1, 0.15) is 134 Å². The van der Waals surface area contributed by atoms with Gasteiger partial charge >= 0.3 is 11.9 Å². The van der Waals surface area contributed by atoms with E-state index < -0.39 is 93.6 Å². The fraction of sp³-hybridized carbons (Fsp3) is 0.911. The molecule has 2 saturated heterocycles. The van der Waals surface area contributed by atoms with Crippen LogP contribution in [-0.4, -0.2) is 127 Å². The minimum Gasteiger partial charge on any atom is -0.459 e. The Morgan fingerprint density at radius 3 is 2.17 bits per heavy atom. The first-order valence-corrected chi connectivity index (χ1v) is 21.8. The van der Waals surface area contributed by atoms with Gasteiger partial charge in [0, 0.05) is 44.3 Å². The molecule has 5 N–H and O–H groups in total. The minimum absolute atomic E-state index is 0.0119. The van der Waals surface area contributed by atoms with Gasteiger partial charge in [0.2, 0.25) is 0 Å². The maximum Gasteiger partial charge on any atom is 0.331 e. The molecule has 0 spiro atoms. The zero-order valence-electron chi connectivity index (χ0n) is 37.4. The smallest absolute Gasteiger partial charge is 0.331 e. The van der Waals surface area contributed by atoms with Gasteiger partial charge in [-0.15, -0.1) is 0 Å². The highest BCUT2D eigenvalue weighted by Gasteiger charge is 2.75. The van der Waals surface area contributed by atoms with Gasteiger partial charge in [0.25, 0.3) is 0 Å². The Morgan fingerprint density at radius 1 is 0.898 bits per heavy atom. The number of aliphatic hydroxyl groups excluding tert-OH is 2. The number of carbonyl (C=O) groups excluding carboxylic acids is 2. The lowest BCUT2D eigenvalue weighted by Crippen LogP contribution is -2.78. The molecule has 14 heteroatoms. The summed E-state index contributed by atoms with van der Waals surface area (Å²) in [5.41, 5.74) is -7.83. The lowest BCUT2D eigenvalue weighted by molar-refractivity contribution is -0.454. The van der Waals surface area contributed by atoms with Crippen LogP contribution in [0.25, 0.3) is 0 Å². The monoisotopic (exact) mass is 836 g/mol. The van der Waals surface area contributed by atoms with E-state index >= 15 is 0 Å². The molecule has 7 rings (SSSR count). The number of ether oxygens (including phenoxy) is 7. The van der Waals surface area contributed by atoms with E-state index in [1.165, 1.54) is 33.8 Å². The molecule has 3 aliphatic heterocycles. The average Bonchev–Trinajstić information content (AvgIpc) is 3.61. The van der Waals surface area contributed by atoms with Crippen molar-refractivity contribution >= 4 is 11.9 Å². The van der Waals surface area contributed by atoms with Crippen LogP contribution in [0.5, 0.6) is 0 Å². The van der Waals surface area contributed by atoms with E-state index in [-0.39, 0.29) is 36.2 Å². The quantitative estimate of drug-likeness (QED) is 0.172. The molecule has 7 aliphatic rings. The molecular formula is C45H72O14. The van der Waals surface area contributed by atoms with E-state index in [1.807, 2.05) is 20.8 Å². The third-order valence-corrected chi connectivity index (χ3v) is 17.6. The lowest BCUT2D eigenvalue weighted by atomic mass is 9.42. The van der Waals surface area contributed by atoms with Crippen molar-refractivity contribution in [1.29, 1.82) is 0 Å². The topological polar surface area (TPSA) is 200 Å². The third kappa shape index (κ3) is 6.62. The molecule has 0 amide bonds. The van der Waals surface area contributed by atoms with Gasteiger partial charge in [0.1, 0.15) is 41.2 Å². The Labute approximate surface area is 349 Å². The van der Waals surface area contributed by atoms with Crippen LogP contribution >= 0.6 is 0 Å². The number of hydrogen-bond donors (Lipinski definition) is 5. The summed E-state index contributed by atoms with van der Waals surface area (Å²) in [7, 11) is 1.58. The van der Waals surface area contributed by atoms with E-state index in [0.29, 0.717) is 12.3 Å². The molecule has 18 unspecified atom stereocenters. The number of carbonyl (C=O) groups is 2. The summed E-state index contributed by atoms with van der Waals surface area (Å²) >= 11 is 0. The Bertz CT molecular complexity index is 1720. The fourth-order valence-corrected chi connectivity index (χ4v) is 14.3. The lowest BCUT2D eigenvalue weighted by Gasteiger charge is -2.65. The highest BCUT2D eigenvalue weighted by molar-refractivity contribution is 5.85. The summed E-state index contributed by atoms with van der Waals surface area (Å²) in [5, 5.41) is 57.0. The van der Waals surface area contributed by atoms with Gasteiger partial charge in [0.15, 0.2) is 11.6 Å². The van der Waals surface area contributed by atoms with Gasteiger partial charge in [-0.3, -0.25) is 4.79 Å². The Hall–Kier alpha value is -1.72. The summed E-state index contributed by atoms with van der Waals surface area (Å²) in [6, 6.07) is 0. The van der Waals surface area contributed by atoms with Crippen LogP contribution in [0, 0.1) is 34.5 Å². The molecule has 0 aromatic carbocycles. The maximum atomic E-state index is 13.1. The van der Waals surface area contributed by atoms with Crippen molar-refractivity contribution in [3.05, 3.63) is 11.6 Å². The molecular weight excluding hydrogens is 764 g/mol. The van der Waals surface area contributed by atoms with Crippen LogP contribution in [0.3, 0.4) is 0 Å². The van der Waals surface area contributed by atoms with E-state index in [1.54, 1.807) is 14.0 Å². The van der Waals surface area contributed by atoms with Gasteiger partial charge in [-0.2, -0.15) is 0 Å². The summed E-state index contributed by atoms with van der Waals surface area (Å²) < 4.78 is 44.2. The highest BCUT2D eigenvalue weighted by atomic mass is 16.8. The second kappa shape index (κ2) is 14.1. The number of cyclic esters (lactones) is 1.